The van der Waals surface area contributed by atoms with E-state index in [-0.39, 0.29) is 18.1 Å². The number of esters is 2. The lowest BCUT2D eigenvalue weighted by molar-refractivity contribution is -0.164. The molecule has 0 aliphatic heterocycles. The van der Waals surface area contributed by atoms with Gasteiger partial charge in [-0.25, -0.2) is 8.42 Å². The van der Waals surface area contributed by atoms with E-state index in [0.717, 1.165) is 12.0 Å². The topological polar surface area (TPSA) is 86.7 Å². The Morgan fingerprint density at radius 3 is 1.87 bits per heavy atom. The van der Waals surface area contributed by atoms with Crippen LogP contribution in [0.1, 0.15) is 37.8 Å². The van der Waals surface area contributed by atoms with Crippen LogP contribution >= 0.6 is 11.6 Å². The van der Waals surface area contributed by atoms with Gasteiger partial charge < -0.3 is 9.47 Å². The Labute approximate surface area is 187 Å². The van der Waals surface area contributed by atoms with Crippen LogP contribution < -0.4 is 0 Å². The summed E-state index contributed by atoms with van der Waals surface area (Å²) in [6, 6.07) is 12.9. The van der Waals surface area contributed by atoms with Crippen molar-refractivity contribution in [2.24, 2.45) is 5.41 Å². The molecule has 8 heteroatoms. The van der Waals surface area contributed by atoms with Crippen LogP contribution in [-0.4, -0.2) is 38.8 Å². The van der Waals surface area contributed by atoms with E-state index in [9.17, 15) is 18.0 Å². The average molecular weight is 465 g/mol. The fourth-order valence-electron chi connectivity index (χ4n) is 4.02. The zero-order valence-corrected chi connectivity index (χ0v) is 19.2. The minimum absolute atomic E-state index is 0.00912. The molecule has 1 aliphatic rings. The van der Waals surface area contributed by atoms with Crippen LogP contribution in [0.2, 0.25) is 5.02 Å². The Morgan fingerprint density at radius 2 is 1.42 bits per heavy atom. The molecule has 0 N–H and O–H groups in total. The normalized spacial score (nSPS) is 19.5. The van der Waals surface area contributed by atoms with Crippen molar-refractivity contribution in [2.45, 2.75) is 43.3 Å². The first-order valence-corrected chi connectivity index (χ1v) is 12.1. The Balaban J connectivity index is 2.18. The van der Waals surface area contributed by atoms with E-state index in [1.165, 1.54) is 24.3 Å². The van der Waals surface area contributed by atoms with Gasteiger partial charge in [0.05, 0.1) is 18.1 Å². The van der Waals surface area contributed by atoms with Crippen LogP contribution in [0, 0.1) is 5.41 Å². The highest BCUT2D eigenvalue weighted by molar-refractivity contribution is 7.92. The molecule has 0 bridgehead atoms. The highest BCUT2D eigenvalue weighted by Crippen LogP contribution is 2.65. The standard InChI is InChI=1S/C23H25ClO6S/c1-4-15-7-9-16(10-8-15)19-20(31(27,28)18-13-11-17(24)12-14-18)23(19,21(25)29-5-2)22(26)30-6-3/h7-14,19-20H,4-6H2,1-3H3/t19-,20+/m0/s1. The van der Waals surface area contributed by atoms with E-state index in [2.05, 4.69) is 0 Å². The Morgan fingerprint density at radius 1 is 0.903 bits per heavy atom. The SMILES string of the molecule is CCOC(=O)C1(C(=O)OCC)[C@H](S(=O)(=O)c2ccc(Cl)cc2)[C@@H]1c1ccc(CC)cc1. The molecule has 0 unspecified atom stereocenters. The summed E-state index contributed by atoms with van der Waals surface area (Å²) in [4.78, 5) is 26.1. The molecule has 1 saturated carbocycles. The molecule has 0 aromatic heterocycles. The van der Waals surface area contributed by atoms with Crippen LogP contribution in [0.25, 0.3) is 0 Å². The zero-order chi connectivity index (χ0) is 22.8. The minimum Gasteiger partial charge on any atom is -0.465 e. The van der Waals surface area contributed by atoms with Gasteiger partial charge in [0, 0.05) is 10.9 Å². The molecule has 1 fully saturated rings. The van der Waals surface area contributed by atoms with Gasteiger partial charge in [0.1, 0.15) is 5.25 Å². The predicted octanol–water partition coefficient (Wildman–Crippen LogP) is 3.95. The molecule has 0 amide bonds. The highest BCUT2D eigenvalue weighted by Gasteiger charge is 2.81. The molecule has 3 rings (SSSR count). The van der Waals surface area contributed by atoms with Gasteiger partial charge in [-0.1, -0.05) is 42.8 Å². The quantitative estimate of drug-likeness (QED) is 0.434. The third-order valence-corrected chi connectivity index (χ3v) is 8.08. The monoisotopic (exact) mass is 464 g/mol. The van der Waals surface area contributed by atoms with E-state index in [0.29, 0.717) is 10.6 Å². The van der Waals surface area contributed by atoms with Crippen LogP contribution in [0.4, 0.5) is 0 Å². The van der Waals surface area contributed by atoms with Crippen molar-refractivity contribution in [3.05, 3.63) is 64.7 Å². The van der Waals surface area contributed by atoms with Crippen LogP contribution in [-0.2, 0) is 35.3 Å². The second-order valence-electron chi connectivity index (χ2n) is 7.30. The van der Waals surface area contributed by atoms with E-state index in [4.69, 9.17) is 21.1 Å². The Hall–Kier alpha value is -2.38. The molecule has 166 valence electrons. The lowest BCUT2D eigenvalue weighted by Gasteiger charge is -2.15. The summed E-state index contributed by atoms with van der Waals surface area (Å²) < 4.78 is 37.6. The molecule has 0 saturated heterocycles. The lowest BCUT2D eigenvalue weighted by atomic mass is 9.98. The Kier molecular flexibility index (Phi) is 6.76. The molecular formula is C23H25ClO6S. The van der Waals surface area contributed by atoms with Crippen LogP contribution in [0.15, 0.2) is 53.4 Å². The van der Waals surface area contributed by atoms with Crippen molar-refractivity contribution in [1.29, 1.82) is 0 Å². The van der Waals surface area contributed by atoms with Gasteiger partial charge in [0.2, 0.25) is 0 Å². The number of ether oxygens (including phenoxy) is 2. The number of aryl methyl sites for hydroxylation is 1. The van der Waals surface area contributed by atoms with Gasteiger partial charge in [-0.05, 0) is 55.7 Å². The summed E-state index contributed by atoms with van der Waals surface area (Å²) in [5.74, 6) is -2.70. The molecule has 2 atom stereocenters. The zero-order valence-electron chi connectivity index (χ0n) is 17.6. The molecule has 6 nitrogen and oxygen atoms in total. The smallest absolute Gasteiger partial charge is 0.325 e. The third-order valence-electron chi connectivity index (χ3n) is 5.58. The largest absolute Gasteiger partial charge is 0.465 e. The maximum Gasteiger partial charge on any atom is 0.325 e. The number of halogens is 1. The molecule has 31 heavy (non-hydrogen) atoms. The van der Waals surface area contributed by atoms with Crippen molar-refractivity contribution in [2.75, 3.05) is 13.2 Å². The summed E-state index contributed by atoms with van der Waals surface area (Å²) in [6.45, 7) is 5.23. The molecular weight excluding hydrogens is 440 g/mol. The van der Waals surface area contributed by atoms with Gasteiger partial charge >= 0.3 is 11.9 Å². The first-order chi connectivity index (χ1) is 14.7. The highest BCUT2D eigenvalue weighted by atomic mass is 35.5. The van der Waals surface area contributed by atoms with Gasteiger partial charge in [-0.15, -0.1) is 0 Å². The first-order valence-electron chi connectivity index (χ1n) is 10.2. The molecule has 2 aromatic carbocycles. The van der Waals surface area contributed by atoms with E-state index in [1.807, 2.05) is 19.1 Å². The number of hydrogen-bond donors (Lipinski definition) is 0. The number of sulfone groups is 1. The maximum absolute atomic E-state index is 13.6. The average Bonchev–Trinajstić information content (AvgIpc) is 3.47. The molecule has 1 aliphatic carbocycles. The number of rotatable bonds is 8. The van der Waals surface area contributed by atoms with E-state index >= 15 is 0 Å². The number of carbonyl (C=O) groups is 2. The Bertz CT molecular complexity index is 1040. The second-order valence-corrected chi connectivity index (χ2v) is 9.81. The number of carbonyl (C=O) groups excluding carboxylic acids is 2. The van der Waals surface area contributed by atoms with Gasteiger partial charge in [0.25, 0.3) is 0 Å². The summed E-state index contributed by atoms with van der Waals surface area (Å²) in [6.07, 6.45) is 0.804. The number of hydrogen-bond acceptors (Lipinski definition) is 6. The molecule has 0 heterocycles. The van der Waals surface area contributed by atoms with Gasteiger partial charge in [-0.2, -0.15) is 0 Å². The summed E-state index contributed by atoms with van der Waals surface area (Å²) in [7, 11) is -4.09. The van der Waals surface area contributed by atoms with Crippen LogP contribution in [0.3, 0.4) is 0 Å². The van der Waals surface area contributed by atoms with Crippen molar-refractivity contribution in [3.63, 3.8) is 0 Å². The number of benzene rings is 2. The van der Waals surface area contributed by atoms with E-state index in [1.54, 1.807) is 26.0 Å². The molecule has 2 aromatic rings. The lowest BCUT2D eigenvalue weighted by Crippen LogP contribution is -2.35. The van der Waals surface area contributed by atoms with Crippen LogP contribution in [0.5, 0.6) is 0 Å². The fourth-order valence-corrected chi connectivity index (χ4v) is 6.43. The first kappa shape index (κ1) is 23.3. The fraction of sp³-hybridized carbons (Fsp3) is 0.391. The molecule has 0 spiro atoms. The van der Waals surface area contributed by atoms with Crippen molar-refractivity contribution < 1.29 is 27.5 Å². The van der Waals surface area contributed by atoms with Crippen molar-refractivity contribution in [3.8, 4) is 0 Å². The summed E-state index contributed by atoms with van der Waals surface area (Å²) >= 11 is 5.91. The predicted molar refractivity (Wildman–Crippen MR) is 117 cm³/mol. The summed E-state index contributed by atoms with van der Waals surface area (Å²) in [5, 5.41) is -0.963. The molecule has 0 radical (unpaired) electrons. The van der Waals surface area contributed by atoms with Crippen molar-refractivity contribution >= 4 is 33.4 Å². The van der Waals surface area contributed by atoms with E-state index < -0.39 is 38.4 Å². The van der Waals surface area contributed by atoms with Crippen molar-refractivity contribution in [1.82, 2.24) is 0 Å². The summed E-state index contributed by atoms with van der Waals surface area (Å²) in [5.41, 5.74) is -0.335. The minimum atomic E-state index is -4.09. The third kappa shape index (κ3) is 3.96. The second kappa shape index (κ2) is 9.01. The van der Waals surface area contributed by atoms with Gasteiger partial charge in [0.15, 0.2) is 15.3 Å². The van der Waals surface area contributed by atoms with Gasteiger partial charge in [-0.3, -0.25) is 9.59 Å². The maximum atomic E-state index is 13.6.